The van der Waals surface area contributed by atoms with Crippen molar-refractivity contribution in [1.82, 2.24) is 15.0 Å². The molecule has 1 aliphatic carbocycles. The zero-order valence-corrected chi connectivity index (χ0v) is 20.7. The molecule has 25 heavy (non-hydrogen) atoms. The van der Waals surface area contributed by atoms with Crippen LogP contribution in [-0.4, -0.2) is 21.0 Å². The molecule has 0 spiro atoms. The monoisotopic (exact) mass is 414 g/mol. The fourth-order valence-corrected chi connectivity index (χ4v) is 2.30. The molecule has 0 saturated heterocycles. The summed E-state index contributed by atoms with van der Waals surface area (Å²) in [6.07, 6.45) is 12.9. The second-order valence-electron chi connectivity index (χ2n) is 5.66. The minimum Gasteiger partial charge on any atom is -0.410 e. The first-order valence-corrected chi connectivity index (χ1v) is 8.49. The molecule has 2 rings (SSSR count). The predicted octanol–water partition coefficient (Wildman–Crippen LogP) is 2.39. The summed E-state index contributed by atoms with van der Waals surface area (Å²) in [5.74, 6) is 0.720. The van der Waals surface area contributed by atoms with Gasteiger partial charge in [-0.15, -0.1) is 0 Å². The molecular formula is C18H29N6Rb. The van der Waals surface area contributed by atoms with Crippen LogP contribution in [-0.2, 0) is 0 Å². The van der Waals surface area contributed by atoms with E-state index in [1.165, 1.54) is 25.7 Å². The molecule has 132 valence electrons. The molecule has 0 aliphatic heterocycles. The average molecular weight is 415 g/mol. The van der Waals surface area contributed by atoms with Crippen molar-refractivity contribution in [3.05, 3.63) is 42.8 Å². The van der Waals surface area contributed by atoms with E-state index in [4.69, 9.17) is 5.73 Å². The average Bonchev–Trinajstić information content (AvgIpc) is 2.83. The van der Waals surface area contributed by atoms with Gasteiger partial charge in [0.05, 0.1) is 0 Å². The van der Waals surface area contributed by atoms with E-state index in [9.17, 15) is 0 Å². The molecule has 0 radical (unpaired) electrons. The predicted molar refractivity (Wildman–Crippen MR) is 102 cm³/mol. The molecule has 3 N–H and O–H groups in total. The quantitative estimate of drug-likeness (QED) is 0.439. The maximum atomic E-state index is 7.64. The number of nitrogens with zero attached hydrogens (tertiary/aromatic N) is 3. The third-order valence-electron chi connectivity index (χ3n) is 3.68. The molecule has 0 bridgehead atoms. The van der Waals surface area contributed by atoms with Crippen LogP contribution >= 0.6 is 0 Å². The van der Waals surface area contributed by atoms with Crippen LogP contribution in [0, 0.1) is 0 Å². The van der Waals surface area contributed by atoms with Gasteiger partial charge in [0, 0.05) is 17.7 Å². The van der Waals surface area contributed by atoms with E-state index in [0.29, 0.717) is 23.6 Å². The van der Waals surface area contributed by atoms with E-state index in [2.05, 4.69) is 38.7 Å². The van der Waals surface area contributed by atoms with E-state index in [1.807, 2.05) is 26.0 Å². The number of aromatic nitrogens is 3. The number of anilines is 2. The summed E-state index contributed by atoms with van der Waals surface area (Å²) in [6.45, 7) is 11.4. The summed E-state index contributed by atoms with van der Waals surface area (Å²) in [6, 6.07) is 0.384. The Morgan fingerprint density at radius 2 is 1.60 bits per heavy atom. The molecule has 1 aliphatic rings. The molecule has 1 aromatic heterocycles. The number of rotatable bonds is 5. The van der Waals surface area contributed by atoms with Crippen LogP contribution < -0.4 is 68.8 Å². The maximum absolute atomic E-state index is 7.64. The first kappa shape index (κ1) is 24.4. The SMILES string of the molecule is C/C=C\C.C=CC(=C)Nc1nc([NH-])nc(NC2CCCCCC2)n1.[Rb+]. The molecule has 0 amide bonds. The van der Waals surface area contributed by atoms with E-state index in [-0.39, 0.29) is 64.1 Å². The van der Waals surface area contributed by atoms with Crippen molar-refractivity contribution in [2.45, 2.75) is 58.4 Å². The van der Waals surface area contributed by atoms with Crippen LogP contribution in [0.1, 0.15) is 52.4 Å². The van der Waals surface area contributed by atoms with Crippen molar-refractivity contribution in [3.8, 4) is 0 Å². The fourth-order valence-electron chi connectivity index (χ4n) is 2.30. The molecule has 1 saturated carbocycles. The van der Waals surface area contributed by atoms with E-state index in [1.54, 1.807) is 6.08 Å². The third-order valence-corrected chi connectivity index (χ3v) is 3.68. The Morgan fingerprint density at radius 3 is 2.12 bits per heavy atom. The van der Waals surface area contributed by atoms with Gasteiger partial charge in [-0.1, -0.05) is 51.0 Å². The summed E-state index contributed by atoms with van der Waals surface area (Å²) < 4.78 is 0. The first-order chi connectivity index (χ1) is 11.6. The molecule has 7 heteroatoms. The van der Waals surface area contributed by atoms with Gasteiger partial charge in [0.25, 0.3) is 0 Å². The summed E-state index contributed by atoms with van der Waals surface area (Å²) in [7, 11) is 0. The summed E-state index contributed by atoms with van der Waals surface area (Å²) in [4.78, 5) is 12.2. The van der Waals surface area contributed by atoms with Crippen LogP contribution in [0.25, 0.3) is 5.73 Å². The zero-order chi connectivity index (χ0) is 17.8. The van der Waals surface area contributed by atoms with Crippen LogP contribution in [0.2, 0.25) is 0 Å². The van der Waals surface area contributed by atoms with Crippen molar-refractivity contribution in [2.24, 2.45) is 0 Å². The van der Waals surface area contributed by atoms with Gasteiger partial charge < -0.3 is 26.3 Å². The van der Waals surface area contributed by atoms with E-state index in [0.717, 1.165) is 12.8 Å². The third kappa shape index (κ3) is 10.9. The van der Waals surface area contributed by atoms with Crippen LogP contribution in [0.5, 0.6) is 0 Å². The number of hydrogen-bond acceptors (Lipinski definition) is 5. The van der Waals surface area contributed by atoms with Crippen molar-refractivity contribution in [3.63, 3.8) is 0 Å². The molecule has 0 unspecified atom stereocenters. The van der Waals surface area contributed by atoms with Gasteiger partial charge in [-0.25, -0.2) is 4.98 Å². The van der Waals surface area contributed by atoms with E-state index < -0.39 is 0 Å². The van der Waals surface area contributed by atoms with Gasteiger partial charge in [-0.3, -0.25) is 0 Å². The van der Waals surface area contributed by atoms with E-state index >= 15 is 0 Å². The summed E-state index contributed by atoms with van der Waals surface area (Å²) in [5.41, 5.74) is 8.23. The standard InChI is InChI=1S/C14H21N6.C4H8.Rb/c1-3-10(2)16-13-18-12(15)19-14(20-13)17-11-8-6-4-5-7-9-11;1-3-4-2;/h3,11H,1-2,4-9H2,(H3-,15,16,17,18,19,20);3-4H,1-2H3;/q-1;;+1/b;4-3-;. The topological polar surface area (TPSA) is 86.5 Å². The largest absolute Gasteiger partial charge is 1.00 e. The van der Waals surface area contributed by atoms with Crippen molar-refractivity contribution in [1.29, 1.82) is 0 Å². The molecule has 1 fully saturated rings. The van der Waals surface area contributed by atoms with Crippen molar-refractivity contribution >= 4 is 17.8 Å². The summed E-state index contributed by atoms with van der Waals surface area (Å²) >= 11 is 0. The molecule has 1 heterocycles. The Bertz CT molecular complexity index is 546. The molecular weight excluding hydrogens is 386 g/mol. The minimum absolute atomic E-state index is 0. The Hall–Kier alpha value is -0.565. The normalized spacial score (nSPS) is 14.5. The van der Waals surface area contributed by atoms with Gasteiger partial charge in [0.15, 0.2) is 11.9 Å². The van der Waals surface area contributed by atoms with Crippen LogP contribution in [0.3, 0.4) is 0 Å². The van der Waals surface area contributed by atoms with Gasteiger partial charge >= 0.3 is 58.2 Å². The fraction of sp³-hybridized carbons (Fsp3) is 0.500. The molecule has 0 atom stereocenters. The second kappa shape index (κ2) is 14.6. The number of hydrogen-bond donors (Lipinski definition) is 2. The Labute approximate surface area is 200 Å². The van der Waals surface area contributed by atoms with Crippen molar-refractivity contribution in [2.75, 3.05) is 10.6 Å². The van der Waals surface area contributed by atoms with Crippen LogP contribution in [0.15, 0.2) is 37.1 Å². The first-order valence-electron chi connectivity index (χ1n) is 8.49. The Morgan fingerprint density at radius 1 is 1.04 bits per heavy atom. The maximum Gasteiger partial charge on any atom is 1.00 e. The van der Waals surface area contributed by atoms with Gasteiger partial charge in [0.1, 0.15) is 0 Å². The second-order valence-corrected chi connectivity index (χ2v) is 5.66. The van der Waals surface area contributed by atoms with Gasteiger partial charge in [-0.05, 0) is 32.8 Å². The van der Waals surface area contributed by atoms with Crippen molar-refractivity contribution < 1.29 is 58.2 Å². The number of allylic oxidation sites excluding steroid dienone is 3. The summed E-state index contributed by atoms with van der Waals surface area (Å²) in [5, 5.41) is 6.20. The molecule has 1 aromatic rings. The minimum atomic E-state index is -0.0597. The number of nitrogens with one attached hydrogen (secondary N) is 3. The Balaban J connectivity index is 0.00000104. The smallest absolute Gasteiger partial charge is 0.410 e. The van der Waals surface area contributed by atoms with Gasteiger partial charge in [0.2, 0.25) is 0 Å². The Kier molecular flexibility index (Phi) is 14.3. The van der Waals surface area contributed by atoms with Gasteiger partial charge in [-0.2, -0.15) is 0 Å². The van der Waals surface area contributed by atoms with Crippen LogP contribution in [0.4, 0.5) is 17.8 Å². The molecule has 6 nitrogen and oxygen atoms in total. The zero-order valence-electron chi connectivity index (χ0n) is 15.8. The molecule has 0 aromatic carbocycles.